The van der Waals surface area contributed by atoms with E-state index >= 15 is 0 Å². The predicted molar refractivity (Wildman–Crippen MR) is 127 cm³/mol. The maximum absolute atomic E-state index is 13.4. The summed E-state index contributed by atoms with van der Waals surface area (Å²) in [5.41, 5.74) is 5.21. The summed E-state index contributed by atoms with van der Waals surface area (Å²) < 4.78 is 0. The first-order valence-electron chi connectivity index (χ1n) is 10.1. The van der Waals surface area contributed by atoms with Crippen LogP contribution in [0.3, 0.4) is 0 Å². The zero-order valence-corrected chi connectivity index (χ0v) is 18.7. The van der Waals surface area contributed by atoms with Gasteiger partial charge in [0.25, 0.3) is 5.91 Å². The van der Waals surface area contributed by atoms with E-state index in [9.17, 15) is 4.79 Å². The van der Waals surface area contributed by atoms with Gasteiger partial charge >= 0.3 is 0 Å². The Labute approximate surface area is 189 Å². The number of amides is 1. The largest absolute Gasteiger partial charge is 0.357 e. The zero-order valence-electron chi connectivity index (χ0n) is 17.1. The van der Waals surface area contributed by atoms with Crippen LogP contribution in [0.25, 0.3) is 11.0 Å². The first kappa shape index (κ1) is 20.0. The predicted octanol–water partition coefficient (Wildman–Crippen LogP) is 4.87. The number of fused-ring (bicyclic) bond motifs is 2. The molecule has 0 aliphatic carbocycles. The van der Waals surface area contributed by atoms with Crippen LogP contribution in [0.1, 0.15) is 22.5 Å². The van der Waals surface area contributed by atoms with Crippen molar-refractivity contribution >= 4 is 51.7 Å². The molecule has 0 bridgehead atoms. The Balaban J connectivity index is 1.42. The van der Waals surface area contributed by atoms with Gasteiger partial charge in [0, 0.05) is 41.7 Å². The number of carbonyl (C=O) groups excluding carboxylic acids is 1. The molecule has 31 heavy (non-hydrogen) atoms. The van der Waals surface area contributed by atoms with Gasteiger partial charge in [0.05, 0.1) is 22.2 Å². The van der Waals surface area contributed by atoms with Gasteiger partial charge in [-0.15, -0.1) is 23.1 Å². The zero-order chi connectivity index (χ0) is 21.2. The smallest absolute Gasteiger partial charge is 0.259 e. The van der Waals surface area contributed by atoms with Crippen LogP contribution in [0.15, 0.2) is 64.3 Å². The molecule has 156 valence electrons. The minimum Gasteiger partial charge on any atom is -0.357 e. The molecule has 1 amide bonds. The van der Waals surface area contributed by atoms with E-state index in [0.717, 1.165) is 46.2 Å². The summed E-state index contributed by atoms with van der Waals surface area (Å²) in [6.45, 7) is 1.44. The summed E-state index contributed by atoms with van der Waals surface area (Å²) in [6, 6.07) is 15.6. The molecule has 0 saturated heterocycles. The molecule has 2 aromatic carbocycles. The highest BCUT2D eigenvalue weighted by molar-refractivity contribution is 7.98. The summed E-state index contributed by atoms with van der Waals surface area (Å²) >= 11 is 3.32. The van der Waals surface area contributed by atoms with Gasteiger partial charge in [-0.05, 0) is 42.8 Å². The molecule has 0 radical (unpaired) electrons. The number of hydrogen-bond donors (Lipinski definition) is 0. The van der Waals surface area contributed by atoms with Crippen LogP contribution < -0.4 is 9.80 Å². The summed E-state index contributed by atoms with van der Waals surface area (Å²) in [5.74, 6) is 2.16. The average Bonchev–Trinajstić information content (AvgIpc) is 3.28. The van der Waals surface area contributed by atoms with Crippen molar-refractivity contribution in [3.8, 4) is 0 Å². The molecule has 8 heteroatoms. The molecule has 6 nitrogen and oxygen atoms in total. The highest BCUT2D eigenvalue weighted by atomic mass is 32.2. The Morgan fingerprint density at radius 3 is 2.48 bits per heavy atom. The molecule has 0 saturated carbocycles. The number of thiazole rings is 1. The van der Waals surface area contributed by atoms with Crippen LogP contribution >= 0.6 is 23.1 Å². The molecule has 0 spiro atoms. The van der Waals surface area contributed by atoms with Gasteiger partial charge in [-0.2, -0.15) is 0 Å². The van der Waals surface area contributed by atoms with Crippen LogP contribution in [0, 0.1) is 0 Å². The van der Waals surface area contributed by atoms with Crippen LogP contribution in [0.5, 0.6) is 0 Å². The van der Waals surface area contributed by atoms with Gasteiger partial charge < -0.3 is 4.90 Å². The molecule has 0 N–H and O–H groups in total. The van der Waals surface area contributed by atoms with Crippen LogP contribution in [0.4, 0.5) is 11.6 Å². The molecule has 4 aromatic rings. The number of thioether (sulfide) groups is 1. The molecule has 3 heterocycles. The molecule has 0 atom stereocenters. The number of nitrogens with zero attached hydrogens (tertiary/aromatic N) is 5. The number of para-hydroxylation sites is 2. The van der Waals surface area contributed by atoms with Gasteiger partial charge in [-0.25, -0.2) is 15.0 Å². The second-order valence-electron chi connectivity index (χ2n) is 7.38. The minimum absolute atomic E-state index is 0.0443. The quantitative estimate of drug-likeness (QED) is 0.416. The number of benzene rings is 2. The average molecular weight is 448 g/mol. The fourth-order valence-corrected chi connectivity index (χ4v) is 5.07. The van der Waals surface area contributed by atoms with Gasteiger partial charge in [0.1, 0.15) is 0 Å². The third-order valence-electron chi connectivity index (χ3n) is 5.24. The van der Waals surface area contributed by atoms with E-state index in [-0.39, 0.29) is 5.91 Å². The SMILES string of the molecule is CN1CCCN(C(=O)c2ccc(SCc3cscn3)cc2)c2nc3ccccc3nc21. The lowest BCUT2D eigenvalue weighted by Gasteiger charge is -2.23. The van der Waals surface area contributed by atoms with Crippen molar-refractivity contribution in [1.82, 2.24) is 15.0 Å². The number of aromatic nitrogens is 3. The van der Waals surface area contributed by atoms with E-state index in [1.807, 2.05) is 61.1 Å². The van der Waals surface area contributed by atoms with E-state index in [2.05, 4.69) is 15.3 Å². The molecular weight excluding hydrogens is 426 g/mol. The Morgan fingerprint density at radius 1 is 1.03 bits per heavy atom. The van der Waals surface area contributed by atoms with Crippen molar-refractivity contribution in [2.75, 3.05) is 29.9 Å². The van der Waals surface area contributed by atoms with E-state index in [1.165, 1.54) is 0 Å². The van der Waals surface area contributed by atoms with Gasteiger partial charge in [-0.3, -0.25) is 9.69 Å². The highest BCUT2D eigenvalue weighted by Gasteiger charge is 2.27. The second-order valence-corrected chi connectivity index (χ2v) is 9.15. The van der Waals surface area contributed by atoms with E-state index in [0.29, 0.717) is 17.9 Å². The lowest BCUT2D eigenvalue weighted by molar-refractivity contribution is 0.0986. The first-order chi connectivity index (χ1) is 15.2. The highest BCUT2D eigenvalue weighted by Crippen LogP contribution is 2.31. The normalized spacial score (nSPS) is 13.8. The monoisotopic (exact) mass is 447 g/mol. The summed E-state index contributed by atoms with van der Waals surface area (Å²) in [5, 5.41) is 2.06. The Bertz CT molecular complexity index is 1210. The standard InChI is InChI=1S/C23H21N5OS2/c1-27-11-4-12-28(22-21(27)25-19-5-2-3-6-20(19)26-22)23(29)16-7-9-18(10-8-16)31-14-17-13-30-15-24-17/h2-3,5-10,13,15H,4,11-12,14H2,1H3. The van der Waals surface area contributed by atoms with E-state index in [4.69, 9.17) is 9.97 Å². The molecule has 2 aromatic heterocycles. The van der Waals surface area contributed by atoms with Crippen molar-refractivity contribution in [2.45, 2.75) is 17.1 Å². The Morgan fingerprint density at radius 2 is 1.77 bits per heavy atom. The number of rotatable bonds is 4. The fraction of sp³-hybridized carbons (Fsp3) is 0.217. The maximum Gasteiger partial charge on any atom is 0.259 e. The molecule has 1 aliphatic heterocycles. The fourth-order valence-electron chi connectivity index (χ4n) is 3.61. The van der Waals surface area contributed by atoms with Gasteiger partial charge in [0.15, 0.2) is 11.6 Å². The third-order valence-corrected chi connectivity index (χ3v) is 6.92. The lowest BCUT2D eigenvalue weighted by Crippen LogP contribution is -2.32. The maximum atomic E-state index is 13.4. The first-order valence-corrected chi connectivity index (χ1v) is 12.0. The van der Waals surface area contributed by atoms with Crippen molar-refractivity contribution < 1.29 is 4.79 Å². The van der Waals surface area contributed by atoms with Gasteiger partial charge in [0.2, 0.25) is 0 Å². The number of hydrogen-bond acceptors (Lipinski definition) is 7. The van der Waals surface area contributed by atoms with E-state index in [1.54, 1.807) is 28.0 Å². The molecule has 0 unspecified atom stereocenters. The third kappa shape index (κ3) is 4.13. The molecular formula is C23H21N5OS2. The van der Waals surface area contributed by atoms with Crippen molar-refractivity contribution in [2.24, 2.45) is 0 Å². The number of anilines is 2. The summed E-state index contributed by atoms with van der Waals surface area (Å²) in [6.07, 6.45) is 0.859. The van der Waals surface area contributed by atoms with Crippen LogP contribution in [0.2, 0.25) is 0 Å². The second kappa shape index (κ2) is 8.64. The summed E-state index contributed by atoms with van der Waals surface area (Å²) in [4.78, 5) is 32.4. The topological polar surface area (TPSA) is 62.2 Å². The van der Waals surface area contributed by atoms with Crippen molar-refractivity contribution in [1.29, 1.82) is 0 Å². The van der Waals surface area contributed by atoms with E-state index < -0.39 is 0 Å². The number of carbonyl (C=O) groups is 1. The van der Waals surface area contributed by atoms with Crippen molar-refractivity contribution in [3.63, 3.8) is 0 Å². The van der Waals surface area contributed by atoms with Crippen LogP contribution in [-0.4, -0.2) is 41.0 Å². The molecule has 5 rings (SSSR count). The Kier molecular flexibility index (Phi) is 5.57. The van der Waals surface area contributed by atoms with Crippen LogP contribution in [-0.2, 0) is 5.75 Å². The minimum atomic E-state index is -0.0443. The van der Waals surface area contributed by atoms with Gasteiger partial charge in [-0.1, -0.05) is 12.1 Å². The lowest BCUT2D eigenvalue weighted by atomic mass is 10.2. The molecule has 0 fully saturated rings. The molecule has 1 aliphatic rings. The van der Waals surface area contributed by atoms with Crippen molar-refractivity contribution in [3.05, 3.63) is 70.7 Å². The summed E-state index contributed by atoms with van der Waals surface area (Å²) in [7, 11) is 2.00. The Hall–Kier alpha value is -2.97.